The Morgan fingerprint density at radius 3 is 1.70 bits per heavy atom. The smallest absolute Gasteiger partial charge is 0.261 e. The molecule has 0 aromatic heterocycles. The van der Waals surface area contributed by atoms with Crippen LogP contribution in [0.4, 0.5) is 0 Å². The molecule has 0 aliphatic carbocycles. The second-order valence-corrected chi connectivity index (χ2v) is 13.8. The van der Waals surface area contributed by atoms with Crippen LogP contribution in [-0.2, 0) is 15.8 Å². The van der Waals surface area contributed by atoms with Crippen LogP contribution in [0.5, 0.6) is 0 Å². The molecular weight excluding hydrogens is 420 g/mol. The summed E-state index contributed by atoms with van der Waals surface area (Å²) in [4.78, 5) is 0. The molecule has 0 unspecified atom stereocenters. The van der Waals surface area contributed by atoms with E-state index >= 15 is 0 Å². The first-order chi connectivity index (χ1) is 15.9. The van der Waals surface area contributed by atoms with Gasteiger partial charge in [-0.15, -0.1) is 6.58 Å². The quantitative estimate of drug-likeness (QED) is 0.241. The van der Waals surface area contributed by atoms with Crippen molar-refractivity contribution in [3.63, 3.8) is 0 Å². The highest BCUT2D eigenvalue weighted by Gasteiger charge is 2.52. The van der Waals surface area contributed by atoms with Crippen molar-refractivity contribution in [3.8, 4) is 0 Å². The average molecular weight is 459 g/mol. The molecule has 0 spiro atoms. The lowest BCUT2D eigenvalue weighted by Gasteiger charge is -2.46. The van der Waals surface area contributed by atoms with Crippen molar-refractivity contribution in [1.29, 1.82) is 0 Å². The Kier molecular flexibility index (Phi) is 8.85. The molecule has 0 bridgehead atoms. The van der Waals surface area contributed by atoms with E-state index in [1.807, 2.05) is 12.1 Å². The van der Waals surface area contributed by atoms with Crippen LogP contribution in [0.2, 0.25) is 5.04 Å². The lowest BCUT2D eigenvalue weighted by atomic mass is 10.1. The second kappa shape index (κ2) is 11.6. The molecule has 0 fully saturated rings. The van der Waals surface area contributed by atoms with Crippen molar-refractivity contribution in [2.24, 2.45) is 0 Å². The zero-order chi connectivity index (χ0) is 23.7. The lowest BCUT2D eigenvalue weighted by Crippen LogP contribution is -2.68. The molecule has 0 N–H and O–H groups in total. The lowest BCUT2D eigenvalue weighted by molar-refractivity contribution is -0.0388. The van der Waals surface area contributed by atoms with Gasteiger partial charge in [0.15, 0.2) is 0 Å². The predicted molar refractivity (Wildman–Crippen MR) is 143 cm³/mol. The summed E-state index contributed by atoms with van der Waals surface area (Å²) in [6.07, 6.45) is 3.49. The van der Waals surface area contributed by atoms with E-state index in [-0.39, 0.29) is 17.2 Å². The number of hydrogen-bond acceptors (Lipinski definition) is 2. The zero-order valence-electron chi connectivity index (χ0n) is 20.5. The van der Waals surface area contributed by atoms with Gasteiger partial charge in [-0.25, -0.2) is 0 Å². The Morgan fingerprint density at radius 2 is 1.27 bits per heavy atom. The van der Waals surface area contributed by atoms with E-state index in [1.165, 1.54) is 15.9 Å². The molecule has 2 atom stereocenters. The fourth-order valence-electron chi connectivity index (χ4n) is 4.62. The third kappa shape index (κ3) is 5.91. The van der Waals surface area contributed by atoms with Crippen LogP contribution < -0.4 is 10.4 Å². The molecule has 3 aromatic carbocycles. The zero-order valence-corrected chi connectivity index (χ0v) is 21.5. The summed E-state index contributed by atoms with van der Waals surface area (Å²) in [5.74, 6) is 0. The number of ether oxygens (including phenoxy) is 1. The summed E-state index contributed by atoms with van der Waals surface area (Å²) in [5.41, 5.74) is 1.18. The van der Waals surface area contributed by atoms with Gasteiger partial charge in [-0.05, 0) is 33.8 Å². The van der Waals surface area contributed by atoms with E-state index in [2.05, 4.69) is 119 Å². The molecule has 0 heterocycles. The van der Waals surface area contributed by atoms with Crippen molar-refractivity contribution in [1.82, 2.24) is 0 Å². The summed E-state index contributed by atoms with van der Waals surface area (Å²) in [6.45, 7) is 13.8. The van der Waals surface area contributed by atoms with Gasteiger partial charge < -0.3 is 9.16 Å². The minimum Gasteiger partial charge on any atom is -0.402 e. The molecule has 0 aliphatic rings. The predicted octanol–water partition coefficient (Wildman–Crippen LogP) is 6.50. The fourth-order valence-corrected chi connectivity index (χ4v) is 9.34. The first kappa shape index (κ1) is 25.2. The van der Waals surface area contributed by atoms with Crippen LogP contribution >= 0.6 is 0 Å². The van der Waals surface area contributed by atoms with E-state index in [0.29, 0.717) is 6.61 Å². The van der Waals surface area contributed by atoms with Gasteiger partial charge in [-0.1, -0.05) is 125 Å². The molecule has 174 valence electrons. The van der Waals surface area contributed by atoms with E-state index in [0.717, 1.165) is 12.8 Å². The van der Waals surface area contributed by atoms with Gasteiger partial charge in [-0.3, -0.25) is 0 Å². The van der Waals surface area contributed by atoms with Gasteiger partial charge in [0, 0.05) is 0 Å². The molecule has 0 saturated heterocycles. The monoisotopic (exact) mass is 458 g/mol. The van der Waals surface area contributed by atoms with Gasteiger partial charge in [0.1, 0.15) is 0 Å². The Balaban J connectivity index is 2.03. The largest absolute Gasteiger partial charge is 0.402 e. The van der Waals surface area contributed by atoms with Crippen LogP contribution in [-0.4, -0.2) is 20.5 Å². The fraction of sp³-hybridized carbons (Fsp3) is 0.333. The van der Waals surface area contributed by atoms with Gasteiger partial charge in [-0.2, -0.15) is 0 Å². The van der Waals surface area contributed by atoms with Crippen LogP contribution in [0.15, 0.2) is 104 Å². The minimum absolute atomic E-state index is 0.0233. The summed E-state index contributed by atoms with van der Waals surface area (Å²) in [6, 6.07) is 32.0. The normalized spacial score (nSPS) is 13.9. The summed E-state index contributed by atoms with van der Waals surface area (Å²) in [5, 5.41) is 2.50. The average Bonchev–Trinajstić information content (AvgIpc) is 2.83. The van der Waals surface area contributed by atoms with E-state index in [4.69, 9.17) is 9.16 Å². The first-order valence-electron chi connectivity index (χ1n) is 12.0. The number of hydrogen-bond donors (Lipinski definition) is 0. The molecule has 0 amide bonds. The van der Waals surface area contributed by atoms with Crippen molar-refractivity contribution in [3.05, 3.63) is 109 Å². The van der Waals surface area contributed by atoms with Gasteiger partial charge in [0.25, 0.3) is 8.32 Å². The summed E-state index contributed by atoms with van der Waals surface area (Å²) < 4.78 is 13.9. The van der Waals surface area contributed by atoms with Crippen molar-refractivity contribution < 1.29 is 9.16 Å². The molecule has 33 heavy (non-hydrogen) atoms. The van der Waals surface area contributed by atoms with Gasteiger partial charge in [0.2, 0.25) is 0 Å². The Bertz CT molecular complexity index is 925. The van der Waals surface area contributed by atoms with Crippen LogP contribution in [0.1, 0.15) is 46.1 Å². The van der Waals surface area contributed by atoms with Gasteiger partial charge >= 0.3 is 0 Å². The third-order valence-corrected chi connectivity index (χ3v) is 11.3. The molecule has 0 radical (unpaired) electrons. The standard InChI is InChI=1S/C30H38O2Si/c1-6-17-29(28(7-2)31-24-25-18-11-8-12-19-25)32-33(30(3,4)5,26-20-13-9-14-21-26)27-22-15-10-16-23-27/h6,8-16,18-23,28-29H,1,7,17,24H2,2-5H3/t28-,29-/m1/s1. The van der Waals surface area contributed by atoms with Crippen molar-refractivity contribution >= 4 is 18.7 Å². The SMILES string of the molecule is C=CC[C@@H](O[Si](c1ccccc1)(c1ccccc1)C(C)(C)C)[C@@H](CC)OCc1ccccc1. The molecule has 3 heteroatoms. The molecule has 0 aliphatic heterocycles. The summed E-state index contributed by atoms with van der Waals surface area (Å²) in [7, 11) is -2.66. The van der Waals surface area contributed by atoms with E-state index < -0.39 is 8.32 Å². The van der Waals surface area contributed by atoms with E-state index in [9.17, 15) is 0 Å². The maximum Gasteiger partial charge on any atom is 0.261 e. The number of benzene rings is 3. The highest BCUT2D eigenvalue weighted by atomic mass is 28.4. The van der Waals surface area contributed by atoms with Crippen LogP contribution in [0.25, 0.3) is 0 Å². The van der Waals surface area contributed by atoms with E-state index in [1.54, 1.807) is 0 Å². The third-order valence-electron chi connectivity index (χ3n) is 6.27. The first-order valence-corrected chi connectivity index (χ1v) is 13.9. The Labute approximate surface area is 201 Å². The molecule has 3 aromatic rings. The van der Waals surface area contributed by atoms with Crippen LogP contribution in [0.3, 0.4) is 0 Å². The van der Waals surface area contributed by atoms with Gasteiger partial charge in [0.05, 0.1) is 18.8 Å². The Hall–Kier alpha value is -2.46. The summed E-state index contributed by atoms with van der Waals surface area (Å²) >= 11 is 0. The molecule has 3 rings (SSSR count). The molecular formula is C30H38O2Si. The Morgan fingerprint density at radius 1 is 0.788 bits per heavy atom. The van der Waals surface area contributed by atoms with Crippen molar-refractivity contribution in [2.45, 2.75) is 64.4 Å². The highest BCUT2D eigenvalue weighted by Crippen LogP contribution is 2.38. The number of rotatable bonds is 11. The van der Waals surface area contributed by atoms with Crippen molar-refractivity contribution in [2.75, 3.05) is 0 Å². The minimum atomic E-state index is -2.66. The molecule has 2 nitrogen and oxygen atoms in total. The topological polar surface area (TPSA) is 18.5 Å². The maximum absolute atomic E-state index is 7.40. The van der Waals surface area contributed by atoms with Crippen LogP contribution in [0, 0.1) is 0 Å². The molecule has 0 saturated carbocycles. The second-order valence-electron chi connectivity index (χ2n) is 9.59. The maximum atomic E-state index is 7.40. The highest BCUT2D eigenvalue weighted by molar-refractivity contribution is 6.99.